The van der Waals surface area contributed by atoms with E-state index in [9.17, 15) is 9.59 Å². The lowest BCUT2D eigenvalue weighted by molar-refractivity contribution is -0.134. The van der Waals surface area contributed by atoms with Crippen LogP contribution < -0.4 is 5.32 Å². The van der Waals surface area contributed by atoms with Crippen LogP contribution in [0, 0.1) is 0 Å². The molecule has 0 saturated heterocycles. The minimum absolute atomic E-state index is 0.0370. The largest absolute Gasteiger partial charge is 0.355 e. The van der Waals surface area contributed by atoms with Gasteiger partial charge in [0.15, 0.2) is 0 Å². The van der Waals surface area contributed by atoms with E-state index < -0.39 is 0 Å². The molecule has 1 heterocycles. The maximum absolute atomic E-state index is 13.6. The zero-order chi connectivity index (χ0) is 28.6. The second kappa shape index (κ2) is 13.1. The minimum atomic E-state index is -0.0370. The first kappa shape index (κ1) is 27.8. The number of nitrogens with one attached hydrogen (secondary N) is 1. The molecule has 0 saturated carbocycles. The Balaban J connectivity index is 1.22. The van der Waals surface area contributed by atoms with Gasteiger partial charge in [-0.1, -0.05) is 97.1 Å². The Labute approximate surface area is 241 Å². The zero-order valence-electron chi connectivity index (χ0n) is 23.7. The van der Waals surface area contributed by atoms with Crippen molar-refractivity contribution >= 4 is 22.8 Å². The number of hydrogen-bond donors (Lipinski definition) is 1. The summed E-state index contributed by atoms with van der Waals surface area (Å²) in [5.41, 5.74) is 6.11. The van der Waals surface area contributed by atoms with Crippen molar-refractivity contribution in [2.24, 2.45) is 0 Å². The van der Waals surface area contributed by atoms with Crippen molar-refractivity contribution in [3.63, 3.8) is 0 Å². The maximum atomic E-state index is 13.6. The van der Waals surface area contributed by atoms with Crippen LogP contribution in [0.4, 0.5) is 0 Å². The van der Waals surface area contributed by atoms with Gasteiger partial charge in [0.25, 0.3) is 0 Å². The number of carbonyl (C=O) groups is 2. The third kappa shape index (κ3) is 7.09. The van der Waals surface area contributed by atoms with Crippen molar-refractivity contribution in [1.29, 1.82) is 0 Å². The first-order valence-electron chi connectivity index (χ1n) is 14.2. The number of para-hydroxylation sites is 2. The van der Waals surface area contributed by atoms with Gasteiger partial charge < -0.3 is 14.8 Å². The summed E-state index contributed by atoms with van der Waals surface area (Å²) in [4.78, 5) is 33.0. The first-order chi connectivity index (χ1) is 20.0. The van der Waals surface area contributed by atoms with E-state index in [1.165, 1.54) is 0 Å². The SMILES string of the molecule is CC(C)N(Cc1ccccc1)C(=O)Cn1c(CCNC(=O)Cc2ccc(-c3ccccc3)cc2)nc2ccccc21. The average Bonchev–Trinajstić information content (AvgIpc) is 3.34. The molecule has 0 aliphatic carbocycles. The number of amides is 2. The van der Waals surface area contributed by atoms with Crippen LogP contribution >= 0.6 is 0 Å². The van der Waals surface area contributed by atoms with Crippen LogP contribution in [0.15, 0.2) is 109 Å². The van der Waals surface area contributed by atoms with Gasteiger partial charge in [0.1, 0.15) is 12.4 Å². The fourth-order valence-corrected chi connectivity index (χ4v) is 5.06. The Morgan fingerprint density at radius 2 is 1.41 bits per heavy atom. The molecule has 0 radical (unpaired) electrons. The third-order valence-corrected chi connectivity index (χ3v) is 7.26. The smallest absolute Gasteiger partial charge is 0.243 e. The molecule has 0 spiro atoms. The van der Waals surface area contributed by atoms with E-state index in [2.05, 4.69) is 29.6 Å². The quantitative estimate of drug-likeness (QED) is 0.220. The van der Waals surface area contributed by atoms with Crippen molar-refractivity contribution in [1.82, 2.24) is 19.8 Å². The molecular weight excluding hydrogens is 508 g/mol. The fourth-order valence-electron chi connectivity index (χ4n) is 5.06. The highest BCUT2D eigenvalue weighted by Gasteiger charge is 2.21. The summed E-state index contributed by atoms with van der Waals surface area (Å²) in [6.07, 6.45) is 0.841. The number of benzene rings is 4. The molecule has 5 aromatic rings. The average molecular weight is 545 g/mol. The Kier molecular flexibility index (Phi) is 8.89. The highest BCUT2D eigenvalue weighted by molar-refractivity contribution is 5.82. The van der Waals surface area contributed by atoms with Crippen LogP contribution in [0.3, 0.4) is 0 Å². The second-order valence-corrected chi connectivity index (χ2v) is 10.5. The van der Waals surface area contributed by atoms with E-state index in [-0.39, 0.29) is 24.4 Å². The predicted molar refractivity (Wildman–Crippen MR) is 164 cm³/mol. The minimum Gasteiger partial charge on any atom is -0.355 e. The number of carbonyl (C=O) groups excluding carboxylic acids is 2. The van der Waals surface area contributed by atoms with Gasteiger partial charge in [-0.2, -0.15) is 0 Å². The zero-order valence-corrected chi connectivity index (χ0v) is 23.7. The van der Waals surface area contributed by atoms with Gasteiger partial charge in [-0.3, -0.25) is 9.59 Å². The summed E-state index contributed by atoms with van der Waals surface area (Å²) in [6, 6.07) is 36.3. The lowest BCUT2D eigenvalue weighted by Crippen LogP contribution is -2.39. The highest BCUT2D eigenvalue weighted by atomic mass is 16.2. The Bertz CT molecular complexity index is 1590. The number of aromatic nitrogens is 2. The van der Waals surface area contributed by atoms with E-state index in [1.54, 1.807) is 0 Å². The lowest BCUT2D eigenvalue weighted by Gasteiger charge is -2.27. The van der Waals surface area contributed by atoms with Gasteiger partial charge in [-0.05, 0) is 48.2 Å². The Morgan fingerprint density at radius 1 is 0.780 bits per heavy atom. The molecule has 0 atom stereocenters. The molecule has 6 heteroatoms. The van der Waals surface area contributed by atoms with Crippen LogP contribution in [0.1, 0.15) is 30.8 Å². The summed E-state index contributed by atoms with van der Waals surface area (Å²) in [5, 5.41) is 3.04. The van der Waals surface area contributed by atoms with E-state index in [0.29, 0.717) is 25.9 Å². The number of fused-ring (bicyclic) bond motifs is 1. The van der Waals surface area contributed by atoms with Crippen molar-refractivity contribution in [2.45, 2.75) is 45.8 Å². The monoisotopic (exact) mass is 544 g/mol. The second-order valence-electron chi connectivity index (χ2n) is 10.5. The van der Waals surface area contributed by atoms with E-state index in [0.717, 1.165) is 39.1 Å². The maximum Gasteiger partial charge on any atom is 0.243 e. The van der Waals surface area contributed by atoms with Crippen molar-refractivity contribution in [2.75, 3.05) is 6.54 Å². The van der Waals surface area contributed by atoms with Crippen molar-refractivity contribution in [3.8, 4) is 11.1 Å². The Morgan fingerprint density at radius 3 is 2.12 bits per heavy atom. The normalized spacial score (nSPS) is 11.1. The number of nitrogens with zero attached hydrogens (tertiary/aromatic N) is 3. The topological polar surface area (TPSA) is 67.2 Å². The van der Waals surface area contributed by atoms with E-state index in [1.807, 2.05) is 108 Å². The molecular formula is C35H36N4O2. The molecule has 0 unspecified atom stereocenters. The summed E-state index contributed by atoms with van der Waals surface area (Å²) >= 11 is 0. The first-order valence-corrected chi connectivity index (χ1v) is 14.2. The molecule has 41 heavy (non-hydrogen) atoms. The standard InChI is InChI=1S/C35H36N4O2/c1-26(2)38(24-28-11-5-3-6-12-28)35(41)25-39-32-16-10-9-15-31(32)37-33(39)21-22-36-34(40)23-27-17-19-30(20-18-27)29-13-7-4-8-14-29/h3-20,26H,21-25H2,1-2H3,(H,36,40). The molecule has 0 bridgehead atoms. The lowest BCUT2D eigenvalue weighted by atomic mass is 10.0. The van der Waals surface area contributed by atoms with Gasteiger partial charge in [-0.25, -0.2) is 4.98 Å². The number of imidazole rings is 1. The van der Waals surface area contributed by atoms with E-state index in [4.69, 9.17) is 4.98 Å². The third-order valence-electron chi connectivity index (χ3n) is 7.26. The van der Waals surface area contributed by atoms with Crippen molar-refractivity contribution < 1.29 is 9.59 Å². The van der Waals surface area contributed by atoms with Gasteiger partial charge in [0.05, 0.1) is 17.5 Å². The summed E-state index contributed by atoms with van der Waals surface area (Å²) in [7, 11) is 0. The highest BCUT2D eigenvalue weighted by Crippen LogP contribution is 2.20. The van der Waals surface area contributed by atoms with Crippen LogP contribution in [0.5, 0.6) is 0 Å². The summed E-state index contributed by atoms with van der Waals surface area (Å²) < 4.78 is 1.99. The molecule has 208 valence electrons. The molecule has 5 rings (SSSR count). The number of rotatable bonds is 11. The Hall–Kier alpha value is -4.71. The van der Waals surface area contributed by atoms with Crippen LogP contribution in [0.2, 0.25) is 0 Å². The molecule has 0 aliphatic heterocycles. The molecule has 4 aromatic carbocycles. The van der Waals surface area contributed by atoms with Crippen LogP contribution in [-0.4, -0.2) is 38.9 Å². The van der Waals surface area contributed by atoms with E-state index >= 15 is 0 Å². The van der Waals surface area contributed by atoms with Crippen LogP contribution in [0.25, 0.3) is 22.2 Å². The molecule has 1 N–H and O–H groups in total. The fraction of sp³-hybridized carbons (Fsp3) is 0.229. The van der Waals surface area contributed by atoms with Gasteiger partial charge in [-0.15, -0.1) is 0 Å². The molecule has 2 amide bonds. The molecule has 0 aliphatic rings. The summed E-state index contributed by atoms with van der Waals surface area (Å²) in [6.45, 7) is 5.28. The van der Waals surface area contributed by atoms with Gasteiger partial charge >= 0.3 is 0 Å². The predicted octanol–water partition coefficient (Wildman–Crippen LogP) is 6.04. The van der Waals surface area contributed by atoms with Gasteiger partial charge in [0, 0.05) is 25.6 Å². The van der Waals surface area contributed by atoms with Crippen molar-refractivity contribution in [3.05, 3.63) is 126 Å². The number of hydrogen-bond acceptors (Lipinski definition) is 3. The summed E-state index contributed by atoms with van der Waals surface area (Å²) in [5.74, 6) is 0.789. The van der Waals surface area contributed by atoms with Crippen LogP contribution in [-0.2, 0) is 35.5 Å². The molecule has 1 aromatic heterocycles. The van der Waals surface area contributed by atoms with Gasteiger partial charge in [0.2, 0.25) is 11.8 Å². The molecule has 6 nitrogen and oxygen atoms in total. The molecule has 0 fully saturated rings.